The summed E-state index contributed by atoms with van der Waals surface area (Å²) in [6.45, 7) is 3.54. The lowest BCUT2D eigenvalue weighted by atomic mass is 9.81. The molecule has 0 aliphatic carbocycles. The highest BCUT2D eigenvalue weighted by Crippen LogP contribution is 2.29. The lowest BCUT2D eigenvalue weighted by Crippen LogP contribution is -2.43. The van der Waals surface area contributed by atoms with Gasteiger partial charge in [-0.1, -0.05) is 29.8 Å². The summed E-state index contributed by atoms with van der Waals surface area (Å²) in [5.74, 6) is -0.140. The van der Waals surface area contributed by atoms with Crippen LogP contribution in [0.15, 0.2) is 29.8 Å². The third-order valence-corrected chi connectivity index (χ3v) is 4.49. The molecule has 0 unspecified atom stereocenters. The number of hydrogen-bond donors (Lipinski definition) is 2. The predicted octanol–water partition coefficient (Wildman–Crippen LogP) is 2.65. The van der Waals surface area contributed by atoms with Crippen LogP contribution in [0.25, 0.3) is 6.08 Å². The Hall–Kier alpha value is -1.36. The van der Waals surface area contributed by atoms with E-state index in [4.69, 9.17) is 16.3 Å². The highest BCUT2D eigenvalue weighted by molar-refractivity contribution is 6.32. The van der Waals surface area contributed by atoms with Crippen molar-refractivity contribution in [3.8, 4) is 0 Å². The Balaban J connectivity index is 1.98. The first-order chi connectivity index (χ1) is 10.6. The zero-order chi connectivity index (χ0) is 16.0. The van der Waals surface area contributed by atoms with Gasteiger partial charge >= 0.3 is 0 Å². The molecule has 1 fully saturated rings. The second kappa shape index (κ2) is 7.77. The summed E-state index contributed by atoms with van der Waals surface area (Å²) >= 11 is 6.09. The number of halogens is 1. The molecule has 1 saturated heterocycles. The quantitative estimate of drug-likeness (QED) is 0.819. The van der Waals surface area contributed by atoms with Crippen LogP contribution in [0.2, 0.25) is 5.02 Å². The van der Waals surface area contributed by atoms with Crippen LogP contribution in [0.5, 0.6) is 0 Å². The summed E-state index contributed by atoms with van der Waals surface area (Å²) in [6, 6.07) is 7.39. The molecular formula is C17H22ClNO3. The molecule has 0 saturated carbocycles. The van der Waals surface area contributed by atoms with Gasteiger partial charge in [-0.25, -0.2) is 0 Å². The monoisotopic (exact) mass is 323 g/mol. The fourth-order valence-corrected chi connectivity index (χ4v) is 2.68. The van der Waals surface area contributed by atoms with Gasteiger partial charge in [0.15, 0.2) is 0 Å². The van der Waals surface area contributed by atoms with Crippen LogP contribution in [-0.2, 0) is 9.53 Å². The third-order valence-electron chi connectivity index (χ3n) is 4.15. The number of nitrogens with one attached hydrogen (secondary N) is 1. The minimum atomic E-state index is -0.265. The highest BCUT2D eigenvalue weighted by Gasteiger charge is 2.32. The number of amides is 1. The van der Waals surface area contributed by atoms with E-state index in [-0.39, 0.29) is 17.9 Å². The van der Waals surface area contributed by atoms with Crippen LogP contribution >= 0.6 is 11.6 Å². The van der Waals surface area contributed by atoms with E-state index in [2.05, 4.69) is 5.32 Å². The van der Waals surface area contributed by atoms with Gasteiger partial charge in [0.2, 0.25) is 5.91 Å². The summed E-state index contributed by atoms with van der Waals surface area (Å²) in [7, 11) is 0. The van der Waals surface area contributed by atoms with Crippen molar-refractivity contribution < 1.29 is 14.6 Å². The first-order valence-corrected chi connectivity index (χ1v) is 7.84. The number of aliphatic hydroxyl groups excluding tert-OH is 1. The molecule has 2 N–H and O–H groups in total. The summed E-state index contributed by atoms with van der Waals surface area (Å²) < 4.78 is 5.32. The molecule has 1 aliphatic rings. The fourth-order valence-electron chi connectivity index (χ4n) is 2.49. The van der Waals surface area contributed by atoms with Crippen molar-refractivity contribution in [2.75, 3.05) is 26.4 Å². The molecule has 5 heteroatoms. The molecule has 22 heavy (non-hydrogen) atoms. The molecule has 0 aromatic heterocycles. The maximum absolute atomic E-state index is 12.2. The molecule has 1 heterocycles. The maximum Gasteiger partial charge on any atom is 0.246 e. The lowest BCUT2D eigenvalue weighted by molar-refractivity contribution is -0.118. The van der Waals surface area contributed by atoms with Crippen LogP contribution in [0.1, 0.15) is 25.3 Å². The van der Waals surface area contributed by atoms with E-state index in [9.17, 15) is 9.90 Å². The molecule has 0 spiro atoms. The van der Waals surface area contributed by atoms with Gasteiger partial charge in [0.1, 0.15) is 0 Å². The van der Waals surface area contributed by atoms with Gasteiger partial charge in [0, 0.05) is 35.8 Å². The van der Waals surface area contributed by atoms with Crippen molar-refractivity contribution in [2.24, 2.45) is 5.41 Å². The first kappa shape index (κ1) is 17.0. The zero-order valence-corrected chi connectivity index (χ0v) is 13.5. The molecule has 120 valence electrons. The van der Waals surface area contributed by atoms with Gasteiger partial charge in [-0.15, -0.1) is 0 Å². The van der Waals surface area contributed by atoms with E-state index in [0.29, 0.717) is 30.4 Å². The van der Waals surface area contributed by atoms with E-state index < -0.39 is 0 Å². The Kier molecular flexibility index (Phi) is 6.00. The Morgan fingerprint density at radius 1 is 1.41 bits per heavy atom. The summed E-state index contributed by atoms with van der Waals surface area (Å²) in [5.41, 5.74) is 1.14. The number of carbonyl (C=O) groups is 1. The zero-order valence-electron chi connectivity index (χ0n) is 12.8. The number of ether oxygens (including phenoxy) is 1. The Labute approximate surface area is 136 Å². The summed E-state index contributed by atoms with van der Waals surface area (Å²) in [4.78, 5) is 12.2. The van der Waals surface area contributed by atoms with Crippen molar-refractivity contribution in [1.82, 2.24) is 5.32 Å². The van der Waals surface area contributed by atoms with Gasteiger partial charge in [0.05, 0.1) is 6.61 Å². The predicted molar refractivity (Wildman–Crippen MR) is 87.7 cm³/mol. The van der Waals surface area contributed by atoms with Gasteiger partial charge in [-0.05, 0) is 37.5 Å². The van der Waals surface area contributed by atoms with Crippen LogP contribution < -0.4 is 5.32 Å². The number of carbonyl (C=O) groups excluding carboxylic acids is 1. The second-order valence-corrected chi connectivity index (χ2v) is 6.21. The Morgan fingerprint density at radius 3 is 2.73 bits per heavy atom. The van der Waals surface area contributed by atoms with Gasteiger partial charge < -0.3 is 15.2 Å². The van der Waals surface area contributed by atoms with Gasteiger partial charge in [0.25, 0.3) is 0 Å². The smallest absolute Gasteiger partial charge is 0.246 e. The number of benzene rings is 1. The fraction of sp³-hybridized carbons (Fsp3) is 0.471. The standard InChI is InChI=1S/C17H22ClNO3/c1-13(10-14-4-2-3-5-15(14)18)16(21)19-11-17(12-20)6-8-22-9-7-17/h2-5,10,20H,6-9,11-12H2,1H3,(H,19,21)/b13-10-. The molecular weight excluding hydrogens is 302 g/mol. The molecule has 1 aromatic carbocycles. The van der Waals surface area contributed by atoms with Gasteiger partial charge in [-0.2, -0.15) is 0 Å². The second-order valence-electron chi connectivity index (χ2n) is 5.80. The SMILES string of the molecule is C/C(=C/c1ccccc1Cl)C(=O)NCC1(CO)CCOCC1. The van der Waals surface area contributed by atoms with Crippen molar-refractivity contribution in [3.63, 3.8) is 0 Å². The van der Waals surface area contributed by atoms with Crippen LogP contribution in [-0.4, -0.2) is 37.4 Å². The third kappa shape index (κ3) is 4.32. The molecule has 4 nitrogen and oxygen atoms in total. The molecule has 2 rings (SSSR count). The van der Waals surface area contributed by atoms with Crippen molar-refractivity contribution in [2.45, 2.75) is 19.8 Å². The van der Waals surface area contributed by atoms with Crippen molar-refractivity contribution >= 4 is 23.6 Å². The van der Waals surface area contributed by atoms with Crippen molar-refractivity contribution in [1.29, 1.82) is 0 Å². The number of hydrogen-bond acceptors (Lipinski definition) is 3. The minimum Gasteiger partial charge on any atom is -0.396 e. The van der Waals surface area contributed by atoms with E-state index >= 15 is 0 Å². The molecule has 1 amide bonds. The van der Waals surface area contributed by atoms with E-state index in [1.165, 1.54) is 0 Å². The Morgan fingerprint density at radius 2 is 2.09 bits per heavy atom. The molecule has 0 radical (unpaired) electrons. The van der Waals surface area contributed by atoms with Crippen LogP contribution in [0.4, 0.5) is 0 Å². The van der Waals surface area contributed by atoms with Crippen LogP contribution in [0.3, 0.4) is 0 Å². The normalized spacial score (nSPS) is 18.0. The summed E-state index contributed by atoms with van der Waals surface area (Å²) in [5, 5.41) is 13.2. The number of aliphatic hydroxyl groups is 1. The van der Waals surface area contributed by atoms with Crippen molar-refractivity contribution in [3.05, 3.63) is 40.4 Å². The first-order valence-electron chi connectivity index (χ1n) is 7.46. The molecule has 0 atom stereocenters. The van der Waals surface area contributed by atoms with Crippen LogP contribution in [0, 0.1) is 5.41 Å². The molecule has 0 bridgehead atoms. The largest absolute Gasteiger partial charge is 0.396 e. The average Bonchev–Trinajstić information content (AvgIpc) is 2.55. The lowest BCUT2D eigenvalue weighted by Gasteiger charge is -2.35. The molecule has 1 aromatic rings. The summed E-state index contributed by atoms with van der Waals surface area (Å²) in [6.07, 6.45) is 3.29. The number of rotatable bonds is 5. The topological polar surface area (TPSA) is 58.6 Å². The average molecular weight is 324 g/mol. The molecule has 1 aliphatic heterocycles. The van der Waals surface area contributed by atoms with E-state index in [0.717, 1.165) is 18.4 Å². The van der Waals surface area contributed by atoms with Gasteiger partial charge in [-0.3, -0.25) is 4.79 Å². The maximum atomic E-state index is 12.2. The highest BCUT2D eigenvalue weighted by atomic mass is 35.5. The van der Waals surface area contributed by atoms with E-state index in [1.807, 2.05) is 18.2 Å². The minimum absolute atomic E-state index is 0.0594. The Bertz CT molecular complexity index is 551. The van der Waals surface area contributed by atoms with E-state index in [1.54, 1.807) is 19.1 Å².